The van der Waals surface area contributed by atoms with Gasteiger partial charge in [-0.1, -0.05) is 18.2 Å². The van der Waals surface area contributed by atoms with Crippen LogP contribution >= 0.6 is 0 Å². The molecule has 0 bridgehead atoms. The molecule has 1 aromatic carbocycles. The van der Waals surface area contributed by atoms with Crippen LogP contribution in [0.1, 0.15) is 11.1 Å². The third-order valence-corrected chi connectivity index (χ3v) is 2.01. The van der Waals surface area contributed by atoms with Crippen molar-refractivity contribution in [2.24, 2.45) is 0 Å². The first kappa shape index (κ1) is 13.5. The molecule has 1 rings (SSSR count). The van der Waals surface area contributed by atoms with Crippen molar-refractivity contribution in [3.05, 3.63) is 35.4 Å². The summed E-state index contributed by atoms with van der Waals surface area (Å²) in [5.74, 6) is -4.17. The third-order valence-electron chi connectivity index (χ3n) is 2.01. The summed E-state index contributed by atoms with van der Waals surface area (Å²) in [5.41, 5.74) is 0.660. The number of ether oxygens (including phenoxy) is 1. The Morgan fingerprint density at radius 1 is 1.29 bits per heavy atom. The molecule has 0 fully saturated rings. The van der Waals surface area contributed by atoms with Gasteiger partial charge in [-0.2, -0.15) is 14.0 Å². The lowest BCUT2D eigenvalue weighted by atomic mass is 10.1. The highest BCUT2D eigenvalue weighted by Crippen LogP contribution is 2.23. The summed E-state index contributed by atoms with van der Waals surface area (Å²) in [5, 5.41) is 8.69. The van der Waals surface area contributed by atoms with Crippen molar-refractivity contribution in [1.82, 2.24) is 0 Å². The van der Waals surface area contributed by atoms with Gasteiger partial charge in [-0.15, -0.1) is 0 Å². The fourth-order valence-electron chi connectivity index (χ4n) is 1.12. The van der Waals surface area contributed by atoms with Crippen LogP contribution in [0.5, 0.6) is 0 Å². The second kappa shape index (κ2) is 5.64. The summed E-state index contributed by atoms with van der Waals surface area (Å²) in [6.45, 7) is -1.67. The molecule has 0 heterocycles. The van der Waals surface area contributed by atoms with E-state index < -0.39 is 19.0 Å². The van der Waals surface area contributed by atoms with Gasteiger partial charge in [0, 0.05) is 0 Å². The van der Waals surface area contributed by atoms with Gasteiger partial charge >= 0.3 is 12.3 Å². The van der Waals surface area contributed by atoms with E-state index in [-0.39, 0.29) is 12.2 Å². The summed E-state index contributed by atoms with van der Waals surface area (Å²) in [6.07, 6.45) is -3.76. The van der Waals surface area contributed by atoms with Crippen molar-refractivity contribution in [3.8, 4) is 6.07 Å². The number of halogens is 4. The van der Waals surface area contributed by atoms with Gasteiger partial charge < -0.3 is 4.74 Å². The Labute approximate surface area is 95.4 Å². The highest BCUT2D eigenvalue weighted by Gasteiger charge is 2.40. The molecular weight excluding hydrogens is 238 g/mol. The lowest BCUT2D eigenvalue weighted by Crippen LogP contribution is -2.32. The van der Waals surface area contributed by atoms with Crippen molar-refractivity contribution < 1.29 is 22.3 Å². The Morgan fingerprint density at radius 2 is 1.94 bits per heavy atom. The van der Waals surface area contributed by atoms with E-state index in [9.17, 15) is 17.6 Å². The Morgan fingerprint density at radius 3 is 2.53 bits per heavy atom. The predicted octanol–water partition coefficient (Wildman–Crippen LogP) is 2.98. The number of alkyl halides is 4. The summed E-state index contributed by atoms with van der Waals surface area (Å²) in [7, 11) is 0. The standard InChI is InChI=1S/C11H9F4NO/c12-10(13)11(14,15)7-17-6-9-4-2-1-3-8(9)5-16/h1-4,10H,6-7H2. The zero-order valence-electron chi connectivity index (χ0n) is 8.67. The average Bonchev–Trinajstić information content (AvgIpc) is 2.29. The normalized spacial score (nSPS) is 11.5. The molecule has 6 heteroatoms. The molecule has 0 aliphatic rings. The maximum atomic E-state index is 12.5. The van der Waals surface area contributed by atoms with Crippen LogP contribution in [-0.2, 0) is 11.3 Å². The maximum Gasteiger partial charge on any atom is 0.330 e. The van der Waals surface area contributed by atoms with E-state index in [0.717, 1.165) is 0 Å². The Balaban J connectivity index is 2.55. The minimum atomic E-state index is -4.17. The van der Waals surface area contributed by atoms with Crippen LogP contribution in [0.25, 0.3) is 0 Å². The number of nitrogens with zero attached hydrogens (tertiary/aromatic N) is 1. The zero-order chi connectivity index (χ0) is 12.9. The van der Waals surface area contributed by atoms with E-state index in [1.807, 2.05) is 6.07 Å². The van der Waals surface area contributed by atoms with Crippen molar-refractivity contribution >= 4 is 0 Å². The van der Waals surface area contributed by atoms with Crippen LogP contribution in [0.15, 0.2) is 24.3 Å². The second-order valence-electron chi connectivity index (χ2n) is 3.32. The third kappa shape index (κ3) is 3.71. The van der Waals surface area contributed by atoms with E-state index in [1.54, 1.807) is 12.1 Å². The van der Waals surface area contributed by atoms with Gasteiger partial charge in [0.1, 0.15) is 6.61 Å². The summed E-state index contributed by atoms with van der Waals surface area (Å²) >= 11 is 0. The molecule has 17 heavy (non-hydrogen) atoms. The van der Waals surface area contributed by atoms with Crippen molar-refractivity contribution in [1.29, 1.82) is 5.26 Å². The lowest BCUT2D eigenvalue weighted by molar-refractivity contribution is -0.168. The Kier molecular flexibility index (Phi) is 4.46. The number of nitriles is 1. The van der Waals surface area contributed by atoms with Crippen LogP contribution in [0.4, 0.5) is 17.6 Å². The monoisotopic (exact) mass is 247 g/mol. The minimum absolute atomic E-state index is 0.271. The van der Waals surface area contributed by atoms with Gasteiger partial charge in [-0.3, -0.25) is 0 Å². The molecule has 0 radical (unpaired) electrons. The van der Waals surface area contributed by atoms with E-state index >= 15 is 0 Å². The minimum Gasteiger partial charge on any atom is -0.370 e. The molecule has 0 aromatic heterocycles. The molecule has 0 aliphatic heterocycles. The van der Waals surface area contributed by atoms with Crippen LogP contribution in [0.2, 0.25) is 0 Å². The summed E-state index contributed by atoms with van der Waals surface area (Å²) in [6, 6.07) is 8.06. The van der Waals surface area contributed by atoms with Crippen molar-refractivity contribution in [2.45, 2.75) is 19.0 Å². The van der Waals surface area contributed by atoms with Gasteiger partial charge in [0.2, 0.25) is 0 Å². The first-order chi connectivity index (χ1) is 7.97. The van der Waals surface area contributed by atoms with E-state index in [2.05, 4.69) is 4.74 Å². The summed E-state index contributed by atoms with van der Waals surface area (Å²) in [4.78, 5) is 0. The van der Waals surface area contributed by atoms with Crippen LogP contribution in [0, 0.1) is 11.3 Å². The Hall–Kier alpha value is -1.61. The van der Waals surface area contributed by atoms with E-state index in [0.29, 0.717) is 5.56 Å². The fourth-order valence-corrected chi connectivity index (χ4v) is 1.12. The van der Waals surface area contributed by atoms with Gasteiger partial charge in [-0.05, 0) is 11.6 Å². The first-order valence-corrected chi connectivity index (χ1v) is 4.69. The lowest BCUT2D eigenvalue weighted by Gasteiger charge is -2.15. The predicted molar refractivity (Wildman–Crippen MR) is 51.8 cm³/mol. The summed E-state index contributed by atoms with van der Waals surface area (Å²) < 4.78 is 53.1. The van der Waals surface area contributed by atoms with Crippen LogP contribution < -0.4 is 0 Å². The molecule has 0 amide bonds. The molecule has 0 N–H and O–H groups in total. The molecule has 0 spiro atoms. The number of hydrogen-bond donors (Lipinski definition) is 0. The van der Waals surface area contributed by atoms with Gasteiger partial charge in [0.05, 0.1) is 18.2 Å². The molecule has 0 unspecified atom stereocenters. The fraction of sp³-hybridized carbons (Fsp3) is 0.364. The Bertz CT molecular complexity index is 414. The molecule has 0 atom stereocenters. The van der Waals surface area contributed by atoms with Crippen LogP contribution in [-0.4, -0.2) is 19.0 Å². The highest BCUT2D eigenvalue weighted by molar-refractivity contribution is 5.36. The largest absolute Gasteiger partial charge is 0.370 e. The molecule has 92 valence electrons. The van der Waals surface area contributed by atoms with E-state index in [1.165, 1.54) is 12.1 Å². The molecule has 0 saturated carbocycles. The van der Waals surface area contributed by atoms with Gasteiger partial charge in [0.25, 0.3) is 0 Å². The number of benzene rings is 1. The topological polar surface area (TPSA) is 33.0 Å². The molecular formula is C11H9F4NO. The first-order valence-electron chi connectivity index (χ1n) is 4.69. The average molecular weight is 247 g/mol. The number of rotatable bonds is 5. The maximum absolute atomic E-state index is 12.5. The number of hydrogen-bond acceptors (Lipinski definition) is 2. The van der Waals surface area contributed by atoms with E-state index in [4.69, 9.17) is 5.26 Å². The molecule has 0 saturated heterocycles. The highest BCUT2D eigenvalue weighted by atomic mass is 19.3. The van der Waals surface area contributed by atoms with Crippen molar-refractivity contribution in [3.63, 3.8) is 0 Å². The van der Waals surface area contributed by atoms with Crippen LogP contribution in [0.3, 0.4) is 0 Å². The van der Waals surface area contributed by atoms with Gasteiger partial charge in [-0.25, -0.2) is 8.78 Å². The quantitative estimate of drug-likeness (QED) is 0.749. The van der Waals surface area contributed by atoms with Gasteiger partial charge in [0.15, 0.2) is 0 Å². The SMILES string of the molecule is N#Cc1ccccc1COCC(F)(F)C(F)F. The zero-order valence-corrected chi connectivity index (χ0v) is 8.67. The van der Waals surface area contributed by atoms with Crippen molar-refractivity contribution in [2.75, 3.05) is 6.61 Å². The molecule has 2 nitrogen and oxygen atoms in total. The smallest absolute Gasteiger partial charge is 0.330 e. The molecule has 0 aliphatic carbocycles. The molecule has 1 aromatic rings. The second-order valence-corrected chi connectivity index (χ2v) is 3.32.